The molecule has 0 atom stereocenters. The Hall–Kier alpha value is -3.04. The molecule has 0 saturated carbocycles. The lowest BCUT2D eigenvalue weighted by atomic mass is 10.1. The second-order valence-electron chi connectivity index (χ2n) is 7.06. The first-order valence-corrected chi connectivity index (χ1v) is 8.36. The molecule has 1 fully saturated rings. The van der Waals surface area contributed by atoms with Crippen molar-refractivity contribution in [2.45, 2.75) is 26.4 Å². The SMILES string of the molecule is COc1cc(C(=O)O)cc([N+](=O)[O-])c1N1CCN(C(=O)OC(C)(C)C)CC1. The van der Waals surface area contributed by atoms with Crippen molar-refractivity contribution in [1.82, 2.24) is 4.90 Å². The fourth-order valence-electron chi connectivity index (χ4n) is 2.77. The Morgan fingerprint density at radius 2 is 1.78 bits per heavy atom. The zero-order chi connectivity index (χ0) is 20.4. The molecule has 1 aromatic rings. The number of amides is 1. The number of nitro groups is 1. The van der Waals surface area contributed by atoms with Crippen LogP contribution in [0.25, 0.3) is 0 Å². The van der Waals surface area contributed by atoms with Crippen LogP contribution in [-0.4, -0.2) is 65.9 Å². The highest BCUT2D eigenvalue weighted by Gasteiger charge is 2.31. The molecule has 27 heavy (non-hydrogen) atoms. The second kappa shape index (κ2) is 7.68. The van der Waals surface area contributed by atoms with Gasteiger partial charge in [0.2, 0.25) is 0 Å². The van der Waals surface area contributed by atoms with Crippen molar-refractivity contribution >= 4 is 23.4 Å². The van der Waals surface area contributed by atoms with Crippen LogP contribution in [0, 0.1) is 10.1 Å². The molecule has 1 aliphatic rings. The summed E-state index contributed by atoms with van der Waals surface area (Å²) in [5.41, 5.74) is -0.980. The first kappa shape index (κ1) is 20.3. The number of ether oxygens (including phenoxy) is 2. The summed E-state index contributed by atoms with van der Waals surface area (Å²) in [6.45, 7) is 6.61. The first-order chi connectivity index (χ1) is 12.5. The number of hydrogen-bond donors (Lipinski definition) is 1. The van der Waals surface area contributed by atoms with Crippen molar-refractivity contribution < 1.29 is 29.1 Å². The van der Waals surface area contributed by atoms with Crippen LogP contribution in [-0.2, 0) is 4.74 Å². The highest BCUT2D eigenvalue weighted by molar-refractivity contribution is 5.91. The number of carbonyl (C=O) groups is 2. The largest absolute Gasteiger partial charge is 0.494 e. The highest BCUT2D eigenvalue weighted by Crippen LogP contribution is 2.39. The number of rotatable bonds is 4. The van der Waals surface area contributed by atoms with Crippen LogP contribution in [0.1, 0.15) is 31.1 Å². The molecule has 1 aromatic carbocycles. The van der Waals surface area contributed by atoms with Gasteiger partial charge in [0.1, 0.15) is 11.4 Å². The third kappa shape index (κ3) is 4.78. The first-order valence-electron chi connectivity index (χ1n) is 8.36. The normalized spacial score (nSPS) is 14.7. The van der Waals surface area contributed by atoms with Crippen molar-refractivity contribution in [3.63, 3.8) is 0 Å². The second-order valence-corrected chi connectivity index (χ2v) is 7.06. The Morgan fingerprint density at radius 1 is 1.19 bits per heavy atom. The van der Waals surface area contributed by atoms with Crippen LogP contribution >= 0.6 is 0 Å². The van der Waals surface area contributed by atoms with Gasteiger partial charge in [0, 0.05) is 32.2 Å². The number of hydrogen-bond acceptors (Lipinski definition) is 7. The van der Waals surface area contributed by atoms with Gasteiger partial charge in [-0.1, -0.05) is 0 Å². The van der Waals surface area contributed by atoms with Gasteiger partial charge in [-0.25, -0.2) is 9.59 Å². The van der Waals surface area contributed by atoms with E-state index >= 15 is 0 Å². The maximum Gasteiger partial charge on any atom is 0.410 e. The van der Waals surface area contributed by atoms with E-state index in [0.29, 0.717) is 26.2 Å². The molecule has 0 aliphatic carbocycles. The van der Waals surface area contributed by atoms with Gasteiger partial charge in [-0.15, -0.1) is 0 Å². The number of anilines is 1. The summed E-state index contributed by atoms with van der Waals surface area (Å²) in [5, 5.41) is 20.6. The lowest BCUT2D eigenvalue weighted by Gasteiger charge is -2.36. The quantitative estimate of drug-likeness (QED) is 0.623. The summed E-state index contributed by atoms with van der Waals surface area (Å²) >= 11 is 0. The summed E-state index contributed by atoms with van der Waals surface area (Å²) < 4.78 is 10.5. The van der Waals surface area contributed by atoms with Gasteiger partial charge < -0.3 is 24.4 Å². The fourth-order valence-corrected chi connectivity index (χ4v) is 2.77. The maximum atomic E-state index is 12.2. The Kier molecular flexibility index (Phi) is 5.77. The van der Waals surface area contributed by atoms with Crippen molar-refractivity contribution in [2.75, 3.05) is 38.2 Å². The molecule has 1 amide bonds. The van der Waals surface area contributed by atoms with Gasteiger partial charge in [0.25, 0.3) is 5.69 Å². The zero-order valence-electron chi connectivity index (χ0n) is 15.7. The molecule has 1 aliphatic heterocycles. The van der Waals surface area contributed by atoms with E-state index in [9.17, 15) is 19.7 Å². The van der Waals surface area contributed by atoms with Gasteiger partial charge in [-0.3, -0.25) is 10.1 Å². The van der Waals surface area contributed by atoms with E-state index in [1.165, 1.54) is 18.1 Å². The minimum atomic E-state index is -1.28. The summed E-state index contributed by atoms with van der Waals surface area (Å²) in [7, 11) is 1.32. The van der Waals surface area contributed by atoms with Crippen molar-refractivity contribution in [2.24, 2.45) is 0 Å². The van der Waals surface area contributed by atoms with Gasteiger partial charge in [0.05, 0.1) is 17.6 Å². The van der Waals surface area contributed by atoms with E-state index in [1.807, 2.05) is 0 Å². The Labute approximate surface area is 156 Å². The van der Waals surface area contributed by atoms with Crippen LogP contribution in [0.2, 0.25) is 0 Å². The van der Waals surface area contributed by atoms with E-state index in [4.69, 9.17) is 14.6 Å². The van der Waals surface area contributed by atoms with Gasteiger partial charge >= 0.3 is 12.1 Å². The Balaban J connectivity index is 2.26. The van der Waals surface area contributed by atoms with Crippen molar-refractivity contribution in [1.29, 1.82) is 0 Å². The van der Waals surface area contributed by atoms with Crippen LogP contribution in [0.3, 0.4) is 0 Å². The zero-order valence-corrected chi connectivity index (χ0v) is 15.7. The van der Waals surface area contributed by atoms with E-state index in [2.05, 4.69) is 0 Å². The summed E-state index contributed by atoms with van der Waals surface area (Å²) in [4.78, 5) is 37.5. The molecule has 148 valence electrons. The lowest BCUT2D eigenvalue weighted by Crippen LogP contribution is -2.50. The molecule has 10 heteroatoms. The molecule has 0 radical (unpaired) electrons. The van der Waals surface area contributed by atoms with E-state index in [0.717, 1.165) is 6.07 Å². The monoisotopic (exact) mass is 381 g/mol. The molecular formula is C17H23N3O7. The van der Waals surface area contributed by atoms with Gasteiger partial charge in [-0.05, 0) is 26.8 Å². The van der Waals surface area contributed by atoms with Crippen molar-refractivity contribution in [3.8, 4) is 5.75 Å². The lowest BCUT2D eigenvalue weighted by molar-refractivity contribution is -0.384. The molecule has 0 bridgehead atoms. The number of carboxylic acid groups (broad SMARTS) is 1. The molecule has 10 nitrogen and oxygen atoms in total. The summed E-state index contributed by atoms with van der Waals surface area (Å²) in [5.74, 6) is -1.18. The average molecular weight is 381 g/mol. The van der Waals surface area contributed by atoms with E-state index in [1.54, 1.807) is 25.7 Å². The summed E-state index contributed by atoms with van der Waals surface area (Å²) in [6.07, 6.45) is -0.440. The standard InChI is InChI=1S/C17H23N3O7/c1-17(2,3)27-16(23)19-7-5-18(6-8-19)14-12(20(24)25)9-11(15(21)22)10-13(14)26-4/h9-10H,5-8H2,1-4H3,(H,21,22). The van der Waals surface area contributed by atoms with Gasteiger partial charge in [0.15, 0.2) is 5.69 Å². The Bertz CT molecular complexity index is 750. The maximum absolute atomic E-state index is 12.2. The van der Waals surface area contributed by atoms with Crippen LogP contribution in [0.4, 0.5) is 16.2 Å². The van der Waals surface area contributed by atoms with E-state index < -0.39 is 22.6 Å². The number of carboxylic acids is 1. The number of carbonyl (C=O) groups excluding carboxylic acids is 1. The summed E-state index contributed by atoms with van der Waals surface area (Å²) in [6, 6.07) is 2.27. The van der Waals surface area contributed by atoms with Gasteiger partial charge in [-0.2, -0.15) is 0 Å². The third-order valence-corrected chi connectivity index (χ3v) is 3.97. The minimum Gasteiger partial charge on any atom is -0.494 e. The third-order valence-electron chi connectivity index (χ3n) is 3.97. The molecule has 1 heterocycles. The number of piperazine rings is 1. The van der Waals surface area contributed by atoms with E-state index in [-0.39, 0.29) is 22.7 Å². The number of nitro benzene ring substituents is 1. The van der Waals surface area contributed by atoms with Crippen LogP contribution in [0.15, 0.2) is 12.1 Å². The number of benzene rings is 1. The number of nitrogens with zero attached hydrogens (tertiary/aromatic N) is 3. The molecule has 0 unspecified atom stereocenters. The molecule has 0 aromatic heterocycles. The molecule has 2 rings (SSSR count). The predicted molar refractivity (Wildman–Crippen MR) is 96.6 cm³/mol. The minimum absolute atomic E-state index is 0.104. The van der Waals surface area contributed by atoms with Crippen LogP contribution in [0.5, 0.6) is 5.75 Å². The van der Waals surface area contributed by atoms with Crippen molar-refractivity contribution in [3.05, 3.63) is 27.8 Å². The number of methoxy groups -OCH3 is 1. The molecule has 0 spiro atoms. The molecule has 1 N–H and O–H groups in total. The smallest absolute Gasteiger partial charge is 0.410 e. The predicted octanol–water partition coefficient (Wildman–Crippen LogP) is 2.36. The topological polar surface area (TPSA) is 122 Å². The Morgan fingerprint density at radius 3 is 2.22 bits per heavy atom. The molecule has 1 saturated heterocycles. The number of aromatic carboxylic acids is 1. The highest BCUT2D eigenvalue weighted by atomic mass is 16.6. The fraction of sp³-hybridized carbons (Fsp3) is 0.529. The molecular weight excluding hydrogens is 358 g/mol. The average Bonchev–Trinajstić information content (AvgIpc) is 2.59. The van der Waals surface area contributed by atoms with Crippen LogP contribution < -0.4 is 9.64 Å².